The van der Waals surface area contributed by atoms with Crippen LogP contribution in [-0.4, -0.2) is 21.6 Å². The number of furan rings is 1. The highest BCUT2D eigenvalue weighted by molar-refractivity contribution is 6.13. The molecular weight excluding hydrogens is 368 g/mol. The minimum Gasteiger partial charge on any atom is -0.469 e. The number of carbonyl (C=O) groups is 2. The Labute approximate surface area is 166 Å². The highest BCUT2D eigenvalue weighted by atomic mass is 16.3. The van der Waals surface area contributed by atoms with Gasteiger partial charge in [-0.25, -0.2) is 0 Å². The maximum absolute atomic E-state index is 13.1. The Morgan fingerprint density at radius 2 is 2.00 bits per heavy atom. The maximum Gasteiger partial charge on any atom is 0.257 e. The fraction of sp³-hybridized carbons (Fsp3) is 0.136. The van der Waals surface area contributed by atoms with Crippen LogP contribution in [0.25, 0.3) is 10.8 Å². The van der Waals surface area contributed by atoms with Crippen LogP contribution in [0.1, 0.15) is 34.0 Å². The first-order valence-corrected chi connectivity index (χ1v) is 9.31. The molecule has 0 aliphatic carbocycles. The summed E-state index contributed by atoms with van der Waals surface area (Å²) in [5.74, 6) is 0.962. The summed E-state index contributed by atoms with van der Waals surface area (Å²) < 4.78 is 7.13. The average Bonchev–Trinajstić information content (AvgIpc) is 3.36. The van der Waals surface area contributed by atoms with Gasteiger partial charge in [0.25, 0.3) is 5.91 Å². The Balaban J connectivity index is 1.57. The van der Waals surface area contributed by atoms with Gasteiger partial charge in [-0.1, -0.05) is 36.4 Å². The Morgan fingerprint density at radius 3 is 2.83 bits per heavy atom. The number of hydrogen-bond donors (Lipinski definition) is 2. The predicted octanol–water partition coefficient (Wildman–Crippen LogP) is 3.89. The molecule has 5 rings (SSSR count). The predicted molar refractivity (Wildman–Crippen MR) is 109 cm³/mol. The van der Waals surface area contributed by atoms with Gasteiger partial charge in [0.2, 0.25) is 5.91 Å². The number of benzene rings is 2. The van der Waals surface area contributed by atoms with E-state index in [9.17, 15) is 9.59 Å². The third-order valence-corrected chi connectivity index (χ3v) is 5.23. The van der Waals surface area contributed by atoms with Gasteiger partial charge in [0, 0.05) is 19.0 Å². The molecule has 0 saturated carbocycles. The van der Waals surface area contributed by atoms with Gasteiger partial charge in [-0.15, -0.1) is 0 Å². The molecule has 4 aromatic rings. The molecule has 0 bridgehead atoms. The van der Waals surface area contributed by atoms with Gasteiger partial charge >= 0.3 is 0 Å². The van der Waals surface area contributed by atoms with E-state index >= 15 is 0 Å². The zero-order valence-electron chi connectivity index (χ0n) is 15.7. The van der Waals surface area contributed by atoms with Gasteiger partial charge in [0.1, 0.15) is 11.6 Å². The lowest BCUT2D eigenvalue weighted by Gasteiger charge is -2.22. The Morgan fingerprint density at radius 1 is 1.17 bits per heavy atom. The molecule has 1 atom stereocenters. The summed E-state index contributed by atoms with van der Waals surface area (Å²) in [6.07, 6.45) is 1.80. The van der Waals surface area contributed by atoms with Crippen LogP contribution < -0.4 is 10.6 Å². The lowest BCUT2D eigenvalue weighted by atomic mass is 9.91. The number of aromatic nitrogens is 2. The van der Waals surface area contributed by atoms with Crippen molar-refractivity contribution in [3.63, 3.8) is 0 Å². The molecule has 1 aliphatic rings. The normalized spacial score (nSPS) is 15.8. The van der Waals surface area contributed by atoms with Crippen molar-refractivity contribution in [3.8, 4) is 0 Å². The number of anilines is 2. The summed E-state index contributed by atoms with van der Waals surface area (Å²) in [4.78, 5) is 25.3. The number of rotatable bonds is 3. The van der Waals surface area contributed by atoms with Crippen LogP contribution in [0.5, 0.6) is 0 Å². The van der Waals surface area contributed by atoms with Gasteiger partial charge in [0.15, 0.2) is 5.82 Å². The molecule has 0 saturated heterocycles. The lowest BCUT2D eigenvalue weighted by molar-refractivity contribution is -0.116. The van der Waals surface area contributed by atoms with Gasteiger partial charge in [-0.05, 0) is 29.0 Å². The third-order valence-electron chi connectivity index (χ3n) is 5.23. The van der Waals surface area contributed by atoms with E-state index in [0.717, 1.165) is 16.3 Å². The van der Waals surface area contributed by atoms with E-state index in [4.69, 9.17) is 4.42 Å². The molecule has 1 aliphatic heterocycles. The SMILES string of the molecule is Cn1nc(NC(=O)c2cccc3ccccc23)c2c1NC(=O)CC2c1ccco1. The summed E-state index contributed by atoms with van der Waals surface area (Å²) in [6.45, 7) is 0. The zero-order valence-corrected chi connectivity index (χ0v) is 15.7. The van der Waals surface area contributed by atoms with Crippen LogP contribution in [0.15, 0.2) is 65.3 Å². The largest absolute Gasteiger partial charge is 0.469 e. The van der Waals surface area contributed by atoms with Gasteiger partial charge in [0.05, 0.1) is 17.7 Å². The summed E-state index contributed by atoms with van der Waals surface area (Å²) in [5.41, 5.74) is 1.31. The molecule has 1 unspecified atom stereocenters. The fourth-order valence-electron chi connectivity index (χ4n) is 3.91. The van der Waals surface area contributed by atoms with Crippen LogP contribution in [0, 0.1) is 0 Å². The smallest absolute Gasteiger partial charge is 0.257 e. The van der Waals surface area contributed by atoms with Crippen LogP contribution >= 0.6 is 0 Å². The van der Waals surface area contributed by atoms with Crippen molar-refractivity contribution < 1.29 is 14.0 Å². The maximum atomic E-state index is 13.1. The first-order chi connectivity index (χ1) is 14.1. The van der Waals surface area contributed by atoms with Crippen molar-refractivity contribution in [2.75, 3.05) is 10.6 Å². The van der Waals surface area contributed by atoms with Crippen LogP contribution in [0.4, 0.5) is 11.6 Å². The van der Waals surface area contributed by atoms with E-state index in [0.29, 0.717) is 23.0 Å². The number of nitrogens with zero attached hydrogens (tertiary/aromatic N) is 2. The molecule has 7 nitrogen and oxygen atoms in total. The monoisotopic (exact) mass is 386 g/mol. The Hall–Kier alpha value is -3.87. The topological polar surface area (TPSA) is 89.2 Å². The van der Waals surface area contributed by atoms with E-state index in [1.54, 1.807) is 30.1 Å². The lowest BCUT2D eigenvalue weighted by Crippen LogP contribution is -2.25. The standard InChI is InChI=1S/C22H18N4O3/c1-26-21-19(16(12-18(27)23-21)17-10-5-11-29-17)20(25-26)24-22(28)15-9-4-7-13-6-2-3-8-14(13)15/h2-11,16H,12H2,1H3,(H,23,27)(H,24,25,28). The molecule has 2 N–H and O–H groups in total. The fourth-order valence-corrected chi connectivity index (χ4v) is 3.91. The average molecular weight is 386 g/mol. The van der Waals surface area contributed by atoms with Crippen molar-refractivity contribution in [1.82, 2.24) is 9.78 Å². The highest BCUT2D eigenvalue weighted by Crippen LogP contribution is 2.41. The number of hydrogen-bond acceptors (Lipinski definition) is 4. The summed E-state index contributed by atoms with van der Waals surface area (Å²) in [5, 5.41) is 12.1. The third kappa shape index (κ3) is 2.87. The van der Waals surface area contributed by atoms with Crippen molar-refractivity contribution in [2.24, 2.45) is 7.05 Å². The molecular formula is C22H18N4O3. The van der Waals surface area contributed by atoms with E-state index in [1.165, 1.54) is 0 Å². The van der Waals surface area contributed by atoms with Gasteiger partial charge < -0.3 is 15.1 Å². The first kappa shape index (κ1) is 17.2. The summed E-state index contributed by atoms with van der Waals surface area (Å²) in [7, 11) is 1.73. The second-order valence-electron chi connectivity index (χ2n) is 7.04. The molecule has 0 fully saturated rings. The molecule has 0 radical (unpaired) electrons. The second kappa shape index (κ2) is 6.63. The van der Waals surface area contributed by atoms with E-state index in [-0.39, 0.29) is 24.2 Å². The molecule has 2 amide bonds. The van der Waals surface area contributed by atoms with E-state index in [2.05, 4.69) is 15.7 Å². The summed E-state index contributed by atoms with van der Waals surface area (Å²) in [6, 6.07) is 17.0. The van der Waals surface area contributed by atoms with Gasteiger partial charge in [-0.3, -0.25) is 14.3 Å². The number of nitrogens with one attached hydrogen (secondary N) is 2. The molecule has 3 heterocycles. The zero-order chi connectivity index (χ0) is 20.0. The van der Waals surface area contributed by atoms with Crippen molar-refractivity contribution in [2.45, 2.75) is 12.3 Å². The second-order valence-corrected chi connectivity index (χ2v) is 7.04. The van der Waals surface area contributed by atoms with Crippen LogP contribution in [0.2, 0.25) is 0 Å². The Bertz CT molecular complexity index is 1240. The molecule has 0 spiro atoms. The van der Waals surface area contributed by atoms with Crippen molar-refractivity contribution in [3.05, 3.63) is 77.7 Å². The number of fused-ring (bicyclic) bond motifs is 2. The molecule has 2 aromatic carbocycles. The quantitative estimate of drug-likeness (QED) is 0.559. The molecule has 144 valence electrons. The number of amides is 2. The van der Waals surface area contributed by atoms with Crippen LogP contribution in [0.3, 0.4) is 0 Å². The van der Waals surface area contributed by atoms with E-state index in [1.807, 2.05) is 42.5 Å². The van der Waals surface area contributed by atoms with Crippen LogP contribution in [-0.2, 0) is 11.8 Å². The molecule has 7 heteroatoms. The van der Waals surface area contributed by atoms with Crippen molar-refractivity contribution in [1.29, 1.82) is 0 Å². The van der Waals surface area contributed by atoms with E-state index < -0.39 is 0 Å². The Kier molecular flexibility index (Phi) is 3.94. The number of aryl methyl sites for hydroxylation is 1. The summed E-state index contributed by atoms with van der Waals surface area (Å²) >= 11 is 0. The van der Waals surface area contributed by atoms with Crippen molar-refractivity contribution >= 4 is 34.2 Å². The minimum absolute atomic E-state index is 0.117. The number of carbonyl (C=O) groups excluding carboxylic acids is 2. The molecule has 29 heavy (non-hydrogen) atoms. The van der Waals surface area contributed by atoms with Gasteiger partial charge in [-0.2, -0.15) is 5.10 Å². The minimum atomic E-state index is -0.315. The highest BCUT2D eigenvalue weighted by Gasteiger charge is 2.35. The first-order valence-electron chi connectivity index (χ1n) is 9.31. The molecule has 2 aromatic heterocycles.